The zero-order valence-corrected chi connectivity index (χ0v) is 12.5. The molecule has 2 nitrogen and oxygen atoms in total. The molecule has 102 valence electrons. The van der Waals surface area contributed by atoms with Crippen LogP contribution >= 0.6 is 11.8 Å². The average Bonchev–Trinajstić information content (AvgIpc) is 2.48. The molecule has 0 spiro atoms. The molecule has 0 aromatic heterocycles. The summed E-state index contributed by atoms with van der Waals surface area (Å²) < 4.78 is 5.83. The minimum Gasteiger partial charge on any atom is -0.457 e. The van der Waals surface area contributed by atoms with E-state index in [9.17, 15) is 0 Å². The quantitative estimate of drug-likeness (QED) is 0.710. The Hall–Kier alpha value is -1.92. The molecule has 3 heteroatoms. The van der Waals surface area contributed by atoms with Gasteiger partial charge in [0.15, 0.2) is 0 Å². The number of nitrogens with zero attached hydrogens (tertiary/aromatic N) is 1. The van der Waals surface area contributed by atoms with Gasteiger partial charge in [-0.2, -0.15) is 5.26 Å². The van der Waals surface area contributed by atoms with Crippen LogP contribution in [0.3, 0.4) is 0 Å². The number of nitriles is 1. The molecule has 0 aliphatic carbocycles. The van der Waals surface area contributed by atoms with Crippen LogP contribution in [0.15, 0.2) is 47.4 Å². The standard InChI is InChI=1S/C17H17NOS/c1-3-10-20-17-11-16(7-4-13(17)2)19-15-8-5-14(12-18)6-9-15/h4-9,11H,3,10H2,1-2H3. The van der Waals surface area contributed by atoms with Crippen molar-refractivity contribution in [3.05, 3.63) is 53.6 Å². The summed E-state index contributed by atoms with van der Waals surface area (Å²) in [5.74, 6) is 2.69. The molecule has 20 heavy (non-hydrogen) atoms. The van der Waals surface area contributed by atoms with Crippen LogP contribution in [0.25, 0.3) is 0 Å². The number of thioether (sulfide) groups is 1. The van der Waals surface area contributed by atoms with Crippen molar-refractivity contribution in [2.24, 2.45) is 0 Å². The van der Waals surface area contributed by atoms with Crippen molar-refractivity contribution < 1.29 is 4.74 Å². The van der Waals surface area contributed by atoms with Gasteiger partial charge in [-0.1, -0.05) is 13.0 Å². The summed E-state index contributed by atoms with van der Waals surface area (Å²) in [6.45, 7) is 4.29. The summed E-state index contributed by atoms with van der Waals surface area (Å²) in [5.41, 5.74) is 1.91. The first kappa shape index (κ1) is 14.5. The fourth-order valence-corrected chi connectivity index (χ4v) is 2.66. The largest absolute Gasteiger partial charge is 0.457 e. The van der Waals surface area contributed by atoms with Crippen LogP contribution < -0.4 is 4.74 Å². The lowest BCUT2D eigenvalue weighted by molar-refractivity contribution is 0.481. The van der Waals surface area contributed by atoms with Crippen molar-refractivity contribution in [2.45, 2.75) is 25.2 Å². The van der Waals surface area contributed by atoms with E-state index in [1.54, 1.807) is 12.1 Å². The second-order valence-corrected chi connectivity index (χ2v) is 5.65. The molecule has 0 heterocycles. The summed E-state index contributed by atoms with van der Waals surface area (Å²) in [6, 6.07) is 15.4. The van der Waals surface area contributed by atoms with Gasteiger partial charge in [-0.3, -0.25) is 0 Å². The highest BCUT2D eigenvalue weighted by Gasteiger charge is 2.03. The summed E-state index contributed by atoms with van der Waals surface area (Å²) in [6.07, 6.45) is 1.16. The first-order valence-electron chi connectivity index (χ1n) is 6.64. The van der Waals surface area contributed by atoms with Crippen LogP contribution in [0.1, 0.15) is 24.5 Å². The zero-order chi connectivity index (χ0) is 14.4. The van der Waals surface area contributed by atoms with Crippen molar-refractivity contribution in [2.75, 3.05) is 5.75 Å². The van der Waals surface area contributed by atoms with Crippen molar-refractivity contribution >= 4 is 11.8 Å². The van der Waals surface area contributed by atoms with Crippen LogP contribution in [-0.2, 0) is 0 Å². The van der Waals surface area contributed by atoms with Crippen LogP contribution in [0, 0.1) is 18.3 Å². The minimum absolute atomic E-state index is 0.639. The van der Waals surface area contributed by atoms with E-state index in [0.717, 1.165) is 23.7 Å². The van der Waals surface area contributed by atoms with Crippen LogP contribution in [-0.4, -0.2) is 5.75 Å². The van der Waals surface area contributed by atoms with E-state index in [1.165, 1.54) is 10.5 Å². The third-order valence-corrected chi connectivity index (χ3v) is 4.20. The lowest BCUT2D eigenvalue weighted by Gasteiger charge is -2.10. The lowest BCUT2D eigenvalue weighted by Crippen LogP contribution is -1.87. The molecule has 0 N–H and O–H groups in total. The summed E-state index contributed by atoms with van der Waals surface area (Å²) in [7, 11) is 0. The molecule has 0 bridgehead atoms. The molecule has 0 radical (unpaired) electrons. The van der Waals surface area contributed by atoms with Gasteiger partial charge in [0, 0.05) is 4.90 Å². The van der Waals surface area contributed by atoms with E-state index in [2.05, 4.69) is 32.0 Å². The van der Waals surface area contributed by atoms with Crippen LogP contribution in [0.4, 0.5) is 0 Å². The van der Waals surface area contributed by atoms with E-state index < -0.39 is 0 Å². The van der Waals surface area contributed by atoms with Crippen molar-refractivity contribution in [3.63, 3.8) is 0 Å². The maximum absolute atomic E-state index is 8.77. The van der Waals surface area contributed by atoms with Crippen molar-refractivity contribution in [1.82, 2.24) is 0 Å². The third kappa shape index (κ3) is 3.79. The normalized spacial score (nSPS) is 10.1. The Morgan fingerprint density at radius 3 is 2.45 bits per heavy atom. The lowest BCUT2D eigenvalue weighted by atomic mass is 10.2. The molecule has 0 unspecified atom stereocenters. The molecule has 2 aromatic carbocycles. The van der Waals surface area contributed by atoms with Gasteiger partial charge in [-0.25, -0.2) is 0 Å². The van der Waals surface area contributed by atoms with Crippen LogP contribution in [0.5, 0.6) is 11.5 Å². The highest BCUT2D eigenvalue weighted by atomic mass is 32.2. The molecule has 0 amide bonds. The molecule has 2 aromatic rings. The second-order valence-electron chi connectivity index (χ2n) is 4.51. The number of hydrogen-bond donors (Lipinski definition) is 0. The maximum atomic E-state index is 8.77. The van der Waals surface area contributed by atoms with Gasteiger partial charge in [0.05, 0.1) is 11.6 Å². The predicted molar refractivity (Wildman–Crippen MR) is 83.4 cm³/mol. The van der Waals surface area contributed by atoms with E-state index in [-0.39, 0.29) is 0 Å². The minimum atomic E-state index is 0.639. The highest BCUT2D eigenvalue weighted by molar-refractivity contribution is 7.99. The monoisotopic (exact) mass is 283 g/mol. The summed E-state index contributed by atoms with van der Waals surface area (Å²) in [5, 5.41) is 8.77. The highest BCUT2D eigenvalue weighted by Crippen LogP contribution is 2.30. The van der Waals surface area contributed by atoms with Gasteiger partial charge in [0.2, 0.25) is 0 Å². The average molecular weight is 283 g/mol. The Labute approximate surface area is 124 Å². The first-order chi connectivity index (χ1) is 9.72. The van der Waals surface area contributed by atoms with E-state index in [1.807, 2.05) is 30.0 Å². The Morgan fingerprint density at radius 2 is 1.80 bits per heavy atom. The maximum Gasteiger partial charge on any atom is 0.128 e. The van der Waals surface area contributed by atoms with E-state index in [0.29, 0.717) is 5.56 Å². The molecule has 2 rings (SSSR count). The smallest absolute Gasteiger partial charge is 0.128 e. The van der Waals surface area contributed by atoms with Crippen LogP contribution in [0.2, 0.25) is 0 Å². The van der Waals surface area contributed by atoms with Gasteiger partial charge in [-0.05, 0) is 61.1 Å². The van der Waals surface area contributed by atoms with Crippen molar-refractivity contribution in [1.29, 1.82) is 5.26 Å². The zero-order valence-electron chi connectivity index (χ0n) is 11.7. The predicted octanol–water partition coefficient (Wildman–Crippen LogP) is 5.16. The van der Waals surface area contributed by atoms with Gasteiger partial charge < -0.3 is 4.74 Å². The Balaban J connectivity index is 2.14. The van der Waals surface area contributed by atoms with E-state index >= 15 is 0 Å². The molecule has 0 fully saturated rings. The molecular weight excluding hydrogens is 266 g/mol. The molecule has 0 aliphatic heterocycles. The number of rotatable bonds is 5. The molecule has 0 saturated carbocycles. The fourth-order valence-electron chi connectivity index (χ4n) is 1.75. The number of ether oxygens (including phenoxy) is 1. The molecule has 0 atom stereocenters. The van der Waals surface area contributed by atoms with Gasteiger partial charge in [-0.15, -0.1) is 11.8 Å². The summed E-state index contributed by atoms with van der Waals surface area (Å²) >= 11 is 1.85. The SMILES string of the molecule is CCCSc1cc(Oc2ccc(C#N)cc2)ccc1C. The second kappa shape index (κ2) is 7.02. The molecule has 0 aliphatic rings. The number of hydrogen-bond acceptors (Lipinski definition) is 3. The molecular formula is C17H17NOS. The summed E-state index contributed by atoms with van der Waals surface area (Å²) in [4.78, 5) is 1.26. The van der Waals surface area contributed by atoms with Gasteiger partial charge >= 0.3 is 0 Å². The number of aryl methyl sites for hydroxylation is 1. The first-order valence-corrected chi connectivity index (χ1v) is 7.63. The Morgan fingerprint density at radius 1 is 1.10 bits per heavy atom. The number of benzene rings is 2. The van der Waals surface area contributed by atoms with Gasteiger partial charge in [0.1, 0.15) is 11.5 Å². The molecule has 0 saturated heterocycles. The van der Waals surface area contributed by atoms with E-state index in [4.69, 9.17) is 10.00 Å². The van der Waals surface area contributed by atoms with Gasteiger partial charge in [0.25, 0.3) is 0 Å². The topological polar surface area (TPSA) is 33.0 Å². The Bertz CT molecular complexity index is 614. The van der Waals surface area contributed by atoms with Crippen molar-refractivity contribution in [3.8, 4) is 17.6 Å². The Kier molecular flexibility index (Phi) is 5.09. The fraction of sp³-hybridized carbons (Fsp3) is 0.235. The third-order valence-electron chi connectivity index (χ3n) is 2.84.